The molecule has 0 radical (unpaired) electrons. The number of hydrogen-bond acceptors (Lipinski definition) is 5. The van der Waals surface area contributed by atoms with E-state index in [1.807, 2.05) is 13.8 Å². The van der Waals surface area contributed by atoms with E-state index in [1.165, 1.54) is 25.4 Å². The van der Waals surface area contributed by atoms with Crippen molar-refractivity contribution in [3.8, 4) is 23.7 Å². The van der Waals surface area contributed by atoms with E-state index in [0.717, 1.165) is 6.07 Å². The maximum atomic E-state index is 14.6. The molecule has 3 heterocycles. The SMILES string of the molecule is C#Cc1nc(NS(=O)(=O)c2c[nH]c3c(-c4nccn4C)c(F)ccc23)nc(C)c1CC(F)F.CC.[HH].[HH]. The van der Waals surface area contributed by atoms with Crippen molar-refractivity contribution in [1.82, 2.24) is 24.5 Å². The van der Waals surface area contributed by atoms with Gasteiger partial charge in [-0.3, -0.25) is 0 Å². The molecular weight excluding hydrogens is 481 g/mol. The third-order valence-electron chi connectivity index (χ3n) is 5.04. The quantitative estimate of drug-likeness (QED) is 0.360. The van der Waals surface area contributed by atoms with Crippen LogP contribution in [0.5, 0.6) is 0 Å². The van der Waals surface area contributed by atoms with Crippen LogP contribution in [0.3, 0.4) is 0 Å². The summed E-state index contributed by atoms with van der Waals surface area (Å²) in [7, 11) is -2.57. The van der Waals surface area contributed by atoms with E-state index in [9.17, 15) is 21.6 Å². The Morgan fingerprint density at radius 3 is 2.60 bits per heavy atom. The summed E-state index contributed by atoms with van der Waals surface area (Å²) in [6.07, 6.45) is 6.40. The molecule has 0 fully saturated rings. The number of H-pyrrole nitrogens is 1. The number of fused-ring (bicyclic) bond motifs is 1. The fourth-order valence-corrected chi connectivity index (χ4v) is 4.65. The van der Waals surface area contributed by atoms with Gasteiger partial charge in [-0.1, -0.05) is 13.8 Å². The molecule has 0 saturated carbocycles. The highest BCUT2D eigenvalue weighted by Crippen LogP contribution is 2.33. The number of rotatable bonds is 6. The Balaban J connectivity index is 0.00000167. The molecular formula is C23H27F3N6O2S. The third kappa shape index (κ3) is 5.00. The first-order valence-electron chi connectivity index (χ1n) is 10.5. The second kappa shape index (κ2) is 10.2. The van der Waals surface area contributed by atoms with Gasteiger partial charge in [0.1, 0.15) is 22.2 Å². The number of terminal acetylenes is 1. The highest BCUT2D eigenvalue weighted by Gasteiger charge is 2.25. The Hall–Kier alpha value is -3.85. The van der Waals surface area contributed by atoms with Crippen molar-refractivity contribution in [1.29, 1.82) is 0 Å². The van der Waals surface area contributed by atoms with Crippen LogP contribution in [0.25, 0.3) is 22.3 Å². The van der Waals surface area contributed by atoms with Gasteiger partial charge in [0, 0.05) is 51.6 Å². The maximum absolute atomic E-state index is 14.6. The predicted octanol–water partition coefficient (Wildman–Crippen LogP) is 4.91. The van der Waals surface area contributed by atoms with Crippen molar-refractivity contribution in [2.45, 2.75) is 38.5 Å². The van der Waals surface area contributed by atoms with Gasteiger partial charge in [-0.25, -0.2) is 41.3 Å². The molecule has 8 nitrogen and oxygen atoms in total. The number of nitrogens with one attached hydrogen (secondary N) is 2. The standard InChI is InChI=1S/C21H17F3N6O2S.C2H6.2H2/c1-4-15-13(9-17(23)24)11(2)27-21(28-15)29-33(31,32)16-10-26-19-12(16)5-6-14(22)18(19)20-25-7-8-30(20)3;1-2;;/h1,5-8,10,17,26H,9H2,2-3H3,(H,27,28,29);1-2H3;2*1H. The lowest BCUT2D eigenvalue weighted by Gasteiger charge is -2.11. The minimum atomic E-state index is -4.26. The number of sulfonamides is 1. The Morgan fingerprint density at radius 1 is 1.29 bits per heavy atom. The summed E-state index contributed by atoms with van der Waals surface area (Å²) < 4.78 is 70.3. The molecule has 12 heteroatoms. The number of hydrogen-bond donors (Lipinski definition) is 2. The number of benzene rings is 1. The van der Waals surface area contributed by atoms with Crippen LogP contribution in [0.4, 0.5) is 19.1 Å². The molecule has 1 aromatic carbocycles. The zero-order valence-corrected chi connectivity index (χ0v) is 20.2. The maximum Gasteiger partial charge on any atom is 0.266 e. The second-order valence-corrected chi connectivity index (χ2v) is 8.82. The van der Waals surface area contributed by atoms with Gasteiger partial charge in [-0.2, -0.15) is 0 Å². The summed E-state index contributed by atoms with van der Waals surface area (Å²) in [4.78, 5) is 14.6. The summed E-state index contributed by atoms with van der Waals surface area (Å²) in [6.45, 7) is 5.44. The van der Waals surface area contributed by atoms with E-state index in [2.05, 4.69) is 30.6 Å². The third-order valence-corrected chi connectivity index (χ3v) is 6.40. The number of imidazole rings is 1. The van der Waals surface area contributed by atoms with Gasteiger partial charge in [-0.15, -0.1) is 6.42 Å². The van der Waals surface area contributed by atoms with Crippen LogP contribution in [0.2, 0.25) is 0 Å². The molecule has 0 amide bonds. The zero-order chi connectivity index (χ0) is 25.9. The molecule has 188 valence electrons. The van der Waals surface area contributed by atoms with Gasteiger partial charge in [0.2, 0.25) is 12.4 Å². The molecule has 0 atom stereocenters. The molecule has 35 heavy (non-hydrogen) atoms. The van der Waals surface area contributed by atoms with E-state index in [1.54, 1.807) is 17.8 Å². The van der Waals surface area contributed by atoms with Crippen molar-refractivity contribution in [3.63, 3.8) is 0 Å². The predicted molar refractivity (Wildman–Crippen MR) is 131 cm³/mol. The van der Waals surface area contributed by atoms with Crippen LogP contribution >= 0.6 is 0 Å². The highest BCUT2D eigenvalue weighted by atomic mass is 32.2. The molecule has 4 aromatic rings. The minimum absolute atomic E-state index is 0. The minimum Gasteiger partial charge on any atom is -0.359 e. The first-order chi connectivity index (χ1) is 16.6. The molecule has 0 aliphatic rings. The summed E-state index contributed by atoms with van der Waals surface area (Å²) in [6, 6.07) is 2.47. The van der Waals surface area contributed by atoms with Gasteiger partial charge in [0.05, 0.1) is 11.1 Å². The number of anilines is 1. The van der Waals surface area contributed by atoms with E-state index >= 15 is 0 Å². The van der Waals surface area contributed by atoms with E-state index in [-0.39, 0.29) is 47.1 Å². The van der Waals surface area contributed by atoms with Crippen LogP contribution in [0, 0.1) is 25.1 Å². The Bertz CT molecular complexity index is 1530. The van der Waals surface area contributed by atoms with Gasteiger partial charge in [0.25, 0.3) is 10.0 Å². The number of halogens is 3. The monoisotopic (exact) mass is 508 g/mol. The number of aromatic nitrogens is 5. The fourth-order valence-electron chi connectivity index (χ4n) is 3.53. The Morgan fingerprint density at radius 2 is 2.00 bits per heavy atom. The Labute approximate surface area is 203 Å². The molecule has 2 N–H and O–H groups in total. The lowest BCUT2D eigenvalue weighted by molar-refractivity contribution is 0.148. The summed E-state index contributed by atoms with van der Waals surface area (Å²) in [5.74, 6) is 1.56. The van der Waals surface area contributed by atoms with Gasteiger partial charge in [0.15, 0.2) is 0 Å². The molecule has 0 aliphatic heterocycles. The largest absolute Gasteiger partial charge is 0.359 e. The lowest BCUT2D eigenvalue weighted by Crippen LogP contribution is -2.17. The summed E-state index contributed by atoms with van der Waals surface area (Å²) in [5, 5.41) is 0.213. The van der Waals surface area contributed by atoms with Crippen LogP contribution in [0.15, 0.2) is 35.6 Å². The van der Waals surface area contributed by atoms with Gasteiger partial charge >= 0.3 is 0 Å². The first-order valence-corrected chi connectivity index (χ1v) is 12.0. The number of aromatic amines is 1. The van der Waals surface area contributed by atoms with Crippen molar-refractivity contribution in [3.05, 3.63) is 53.5 Å². The van der Waals surface area contributed by atoms with Crippen LogP contribution in [-0.2, 0) is 23.5 Å². The Kier molecular flexibility index (Phi) is 7.50. The summed E-state index contributed by atoms with van der Waals surface area (Å²) >= 11 is 0. The smallest absolute Gasteiger partial charge is 0.266 e. The van der Waals surface area contributed by atoms with Crippen molar-refractivity contribution in [2.24, 2.45) is 7.05 Å². The normalized spacial score (nSPS) is 11.3. The van der Waals surface area contributed by atoms with Crippen LogP contribution < -0.4 is 4.72 Å². The number of aryl methyl sites for hydroxylation is 2. The van der Waals surface area contributed by atoms with Crippen molar-refractivity contribution in [2.75, 3.05) is 4.72 Å². The van der Waals surface area contributed by atoms with E-state index in [4.69, 9.17) is 6.42 Å². The van der Waals surface area contributed by atoms with Gasteiger partial charge in [-0.05, 0) is 25.0 Å². The fraction of sp³-hybridized carbons (Fsp3) is 0.261. The second-order valence-electron chi connectivity index (χ2n) is 7.16. The first kappa shape index (κ1) is 25.8. The molecule has 0 saturated heterocycles. The number of nitrogens with zero attached hydrogens (tertiary/aromatic N) is 4. The average molecular weight is 509 g/mol. The average Bonchev–Trinajstić information content (AvgIpc) is 3.43. The topological polar surface area (TPSA) is 106 Å². The van der Waals surface area contributed by atoms with Crippen LogP contribution in [-0.4, -0.2) is 39.3 Å². The van der Waals surface area contributed by atoms with Crippen molar-refractivity contribution >= 4 is 26.9 Å². The number of alkyl halides is 2. The van der Waals surface area contributed by atoms with E-state index in [0.29, 0.717) is 5.82 Å². The zero-order valence-electron chi connectivity index (χ0n) is 19.4. The van der Waals surface area contributed by atoms with Gasteiger partial charge < -0.3 is 9.55 Å². The van der Waals surface area contributed by atoms with E-state index < -0.39 is 28.7 Å². The molecule has 0 unspecified atom stereocenters. The highest BCUT2D eigenvalue weighted by molar-refractivity contribution is 7.93. The molecule has 0 bridgehead atoms. The molecule has 3 aromatic heterocycles. The molecule has 0 spiro atoms. The van der Waals surface area contributed by atoms with Crippen LogP contribution in [0.1, 0.15) is 33.7 Å². The molecule has 0 aliphatic carbocycles. The lowest BCUT2D eigenvalue weighted by atomic mass is 10.1. The molecule has 4 rings (SSSR count). The van der Waals surface area contributed by atoms with Crippen molar-refractivity contribution < 1.29 is 24.4 Å². The summed E-state index contributed by atoms with van der Waals surface area (Å²) in [5.41, 5.74) is 0.420.